The fraction of sp³-hybridized carbons (Fsp3) is 0.429. The van der Waals surface area contributed by atoms with Crippen LogP contribution in [-0.4, -0.2) is 52.3 Å². The van der Waals surface area contributed by atoms with Gasteiger partial charge in [0, 0.05) is 36.1 Å². The van der Waals surface area contributed by atoms with Crippen molar-refractivity contribution in [1.29, 1.82) is 0 Å². The standard InChI is InChI=1S/C21H26N4O2/c1-15-5-3-6-17(13-15)20-16(2)23-25-19(26)14-18(22-21(20)25)7-4-8-24-9-11-27-12-10-24/h3,5-6,13-14,23H,4,7-12H2,1-2H3. The monoisotopic (exact) mass is 366 g/mol. The van der Waals surface area contributed by atoms with Crippen molar-refractivity contribution in [2.24, 2.45) is 0 Å². The highest BCUT2D eigenvalue weighted by atomic mass is 16.5. The number of hydrogen-bond donors (Lipinski definition) is 1. The molecule has 0 amide bonds. The van der Waals surface area contributed by atoms with Crippen LogP contribution in [0.3, 0.4) is 0 Å². The molecule has 4 rings (SSSR count). The number of nitrogens with one attached hydrogen (secondary N) is 1. The van der Waals surface area contributed by atoms with Crippen LogP contribution in [0.25, 0.3) is 16.8 Å². The van der Waals surface area contributed by atoms with Crippen molar-refractivity contribution in [1.82, 2.24) is 19.5 Å². The highest BCUT2D eigenvalue weighted by Gasteiger charge is 2.15. The summed E-state index contributed by atoms with van der Waals surface area (Å²) in [4.78, 5) is 19.8. The van der Waals surface area contributed by atoms with Gasteiger partial charge >= 0.3 is 0 Å². The zero-order valence-electron chi connectivity index (χ0n) is 16.0. The van der Waals surface area contributed by atoms with Gasteiger partial charge in [-0.25, -0.2) is 9.50 Å². The van der Waals surface area contributed by atoms with Gasteiger partial charge in [0.15, 0.2) is 5.65 Å². The maximum Gasteiger partial charge on any atom is 0.272 e. The number of nitrogens with zero attached hydrogens (tertiary/aromatic N) is 3. The first kappa shape index (κ1) is 17.9. The van der Waals surface area contributed by atoms with Gasteiger partial charge in [0.05, 0.1) is 13.2 Å². The number of benzene rings is 1. The van der Waals surface area contributed by atoms with Crippen molar-refractivity contribution >= 4 is 5.65 Å². The van der Waals surface area contributed by atoms with Crippen LogP contribution in [0.5, 0.6) is 0 Å². The summed E-state index contributed by atoms with van der Waals surface area (Å²) >= 11 is 0. The van der Waals surface area contributed by atoms with Crippen LogP contribution in [0.15, 0.2) is 35.1 Å². The Kier molecular flexibility index (Phi) is 5.09. The first-order valence-electron chi connectivity index (χ1n) is 9.60. The fourth-order valence-electron chi connectivity index (χ4n) is 3.78. The molecule has 0 bridgehead atoms. The predicted octanol–water partition coefficient (Wildman–Crippen LogP) is 2.57. The quantitative estimate of drug-likeness (QED) is 0.754. The molecule has 1 fully saturated rings. The Labute approximate surface area is 158 Å². The van der Waals surface area contributed by atoms with Crippen LogP contribution in [0.2, 0.25) is 0 Å². The molecule has 1 saturated heterocycles. The zero-order chi connectivity index (χ0) is 18.8. The van der Waals surface area contributed by atoms with Gasteiger partial charge in [-0.3, -0.25) is 14.8 Å². The zero-order valence-corrected chi connectivity index (χ0v) is 16.0. The average molecular weight is 366 g/mol. The Morgan fingerprint density at radius 1 is 1.19 bits per heavy atom. The summed E-state index contributed by atoms with van der Waals surface area (Å²) in [5.74, 6) is 0. The summed E-state index contributed by atoms with van der Waals surface area (Å²) in [5.41, 5.74) is 5.76. The Hall–Kier alpha value is -2.44. The van der Waals surface area contributed by atoms with Crippen LogP contribution < -0.4 is 5.56 Å². The normalized spacial score (nSPS) is 15.5. The molecule has 1 aliphatic rings. The molecule has 0 aliphatic carbocycles. The molecule has 1 aliphatic heterocycles. The first-order valence-corrected chi connectivity index (χ1v) is 9.60. The minimum atomic E-state index is -0.0524. The Bertz CT molecular complexity index is 999. The predicted molar refractivity (Wildman–Crippen MR) is 106 cm³/mol. The molecule has 0 saturated carbocycles. The van der Waals surface area contributed by atoms with Crippen molar-refractivity contribution in [3.8, 4) is 11.1 Å². The minimum Gasteiger partial charge on any atom is -0.379 e. The number of aromatic nitrogens is 3. The van der Waals surface area contributed by atoms with Gasteiger partial charge < -0.3 is 4.74 Å². The van der Waals surface area contributed by atoms with Gasteiger partial charge in [-0.1, -0.05) is 29.8 Å². The van der Waals surface area contributed by atoms with Crippen molar-refractivity contribution in [2.45, 2.75) is 26.7 Å². The Balaban J connectivity index is 1.61. The maximum atomic E-state index is 12.6. The van der Waals surface area contributed by atoms with Gasteiger partial charge in [-0.05, 0) is 38.8 Å². The van der Waals surface area contributed by atoms with Crippen molar-refractivity contribution < 1.29 is 4.74 Å². The molecule has 3 heterocycles. The summed E-state index contributed by atoms with van der Waals surface area (Å²) in [6.45, 7) is 8.69. The third-order valence-corrected chi connectivity index (χ3v) is 5.17. The molecule has 0 atom stereocenters. The van der Waals surface area contributed by atoms with E-state index in [4.69, 9.17) is 9.72 Å². The van der Waals surface area contributed by atoms with Crippen LogP contribution in [0, 0.1) is 13.8 Å². The number of rotatable bonds is 5. The van der Waals surface area contributed by atoms with Gasteiger partial charge in [-0.2, -0.15) is 0 Å². The molecule has 2 aromatic heterocycles. The molecular formula is C21H26N4O2. The molecule has 3 aromatic rings. The van der Waals surface area contributed by atoms with Gasteiger partial charge in [0.2, 0.25) is 0 Å². The number of morpholine rings is 1. The lowest BCUT2D eigenvalue weighted by molar-refractivity contribution is 0.0374. The van der Waals surface area contributed by atoms with E-state index in [1.165, 1.54) is 5.56 Å². The maximum absolute atomic E-state index is 12.6. The summed E-state index contributed by atoms with van der Waals surface area (Å²) in [6, 6.07) is 9.97. The summed E-state index contributed by atoms with van der Waals surface area (Å²) in [6.07, 6.45) is 1.80. The van der Waals surface area contributed by atoms with E-state index in [1.807, 2.05) is 13.0 Å². The third kappa shape index (κ3) is 3.82. The van der Waals surface area contributed by atoms with E-state index < -0.39 is 0 Å². The topological polar surface area (TPSA) is 62.6 Å². The molecule has 27 heavy (non-hydrogen) atoms. The van der Waals surface area contributed by atoms with E-state index in [-0.39, 0.29) is 5.56 Å². The number of hydrogen-bond acceptors (Lipinski definition) is 4. The highest BCUT2D eigenvalue weighted by molar-refractivity contribution is 5.80. The van der Waals surface area contributed by atoms with Gasteiger partial charge in [-0.15, -0.1) is 0 Å². The number of ether oxygens (including phenoxy) is 1. The van der Waals surface area contributed by atoms with E-state index in [1.54, 1.807) is 10.6 Å². The largest absolute Gasteiger partial charge is 0.379 e. The van der Waals surface area contributed by atoms with Crippen LogP contribution in [-0.2, 0) is 11.2 Å². The Morgan fingerprint density at radius 3 is 2.78 bits per heavy atom. The molecule has 1 N–H and O–H groups in total. The van der Waals surface area contributed by atoms with Crippen LogP contribution in [0.4, 0.5) is 0 Å². The van der Waals surface area contributed by atoms with Crippen molar-refractivity contribution in [2.75, 3.05) is 32.8 Å². The van der Waals surface area contributed by atoms with Crippen molar-refractivity contribution in [3.63, 3.8) is 0 Å². The minimum absolute atomic E-state index is 0.0524. The SMILES string of the molecule is Cc1cccc(-c2c(C)[nH]n3c(=O)cc(CCCN4CCOCC4)nc23)c1. The van der Waals surface area contributed by atoms with E-state index in [9.17, 15) is 4.79 Å². The van der Waals surface area contributed by atoms with Crippen LogP contribution >= 0.6 is 0 Å². The molecule has 0 spiro atoms. The third-order valence-electron chi connectivity index (χ3n) is 5.17. The molecular weight excluding hydrogens is 340 g/mol. The lowest BCUT2D eigenvalue weighted by atomic mass is 10.0. The van der Waals surface area contributed by atoms with Gasteiger partial charge in [0.25, 0.3) is 5.56 Å². The average Bonchev–Trinajstić information content (AvgIpc) is 2.99. The molecule has 142 valence electrons. The second-order valence-corrected chi connectivity index (χ2v) is 7.28. The molecule has 0 radical (unpaired) electrons. The molecule has 0 unspecified atom stereocenters. The number of aryl methyl sites for hydroxylation is 3. The molecule has 1 aromatic carbocycles. The highest BCUT2D eigenvalue weighted by Crippen LogP contribution is 2.27. The number of H-pyrrole nitrogens is 1. The van der Waals surface area contributed by atoms with Crippen molar-refractivity contribution in [3.05, 3.63) is 57.6 Å². The lowest BCUT2D eigenvalue weighted by Crippen LogP contribution is -2.37. The van der Waals surface area contributed by atoms with Gasteiger partial charge in [0.1, 0.15) is 0 Å². The smallest absolute Gasteiger partial charge is 0.272 e. The summed E-state index contributed by atoms with van der Waals surface area (Å²) < 4.78 is 6.95. The summed E-state index contributed by atoms with van der Waals surface area (Å²) in [7, 11) is 0. The van der Waals surface area contributed by atoms with Crippen LogP contribution in [0.1, 0.15) is 23.4 Å². The lowest BCUT2D eigenvalue weighted by Gasteiger charge is -2.26. The molecule has 6 heteroatoms. The molecule has 6 nitrogen and oxygen atoms in total. The van der Waals surface area contributed by atoms with E-state index in [0.29, 0.717) is 5.65 Å². The Morgan fingerprint density at radius 2 is 2.00 bits per heavy atom. The fourth-order valence-corrected chi connectivity index (χ4v) is 3.78. The summed E-state index contributed by atoms with van der Waals surface area (Å²) in [5, 5.41) is 3.17. The second kappa shape index (κ2) is 7.66. The van der Waals surface area contributed by atoms with E-state index >= 15 is 0 Å². The number of fused-ring (bicyclic) bond motifs is 1. The van der Waals surface area contributed by atoms with E-state index in [0.717, 1.165) is 68.2 Å². The second-order valence-electron chi connectivity index (χ2n) is 7.28. The van der Waals surface area contributed by atoms with E-state index in [2.05, 4.69) is 35.1 Å². The number of aromatic amines is 1. The first-order chi connectivity index (χ1) is 13.1.